The monoisotopic (exact) mass is 306 g/mol. The van der Waals surface area contributed by atoms with Crippen LogP contribution in [0.2, 0.25) is 0 Å². The number of para-hydroxylation sites is 2. The van der Waals surface area contributed by atoms with Crippen molar-refractivity contribution in [1.82, 2.24) is 19.9 Å². The molecule has 4 heteroatoms. The van der Waals surface area contributed by atoms with Gasteiger partial charge >= 0.3 is 0 Å². The molecule has 0 saturated carbocycles. The molecule has 3 aromatic rings. The van der Waals surface area contributed by atoms with Gasteiger partial charge in [-0.2, -0.15) is 0 Å². The van der Waals surface area contributed by atoms with Gasteiger partial charge in [-0.3, -0.25) is 9.88 Å². The van der Waals surface area contributed by atoms with Gasteiger partial charge in [0.25, 0.3) is 0 Å². The minimum Gasteiger partial charge on any atom is -0.342 e. The van der Waals surface area contributed by atoms with Gasteiger partial charge in [-0.05, 0) is 50.6 Å². The highest BCUT2D eigenvalue weighted by atomic mass is 15.1. The van der Waals surface area contributed by atoms with Gasteiger partial charge in [0.1, 0.15) is 5.82 Å². The Morgan fingerprint density at radius 1 is 1.13 bits per heavy atom. The van der Waals surface area contributed by atoms with Crippen molar-refractivity contribution in [3.63, 3.8) is 0 Å². The van der Waals surface area contributed by atoms with Crippen molar-refractivity contribution in [3.05, 3.63) is 59.7 Å². The second-order valence-electron chi connectivity index (χ2n) is 6.48. The number of likely N-dealkylation sites (tertiary alicyclic amines) is 1. The first-order valence-corrected chi connectivity index (χ1v) is 8.37. The zero-order valence-corrected chi connectivity index (χ0v) is 13.5. The Balaban J connectivity index is 1.50. The molecule has 1 fully saturated rings. The van der Waals surface area contributed by atoms with Crippen LogP contribution < -0.4 is 0 Å². The molecule has 4 rings (SSSR count). The smallest absolute Gasteiger partial charge is 0.111 e. The first-order chi connectivity index (χ1) is 11.3. The van der Waals surface area contributed by atoms with Gasteiger partial charge < -0.3 is 4.98 Å². The van der Waals surface area contributed by atoms with E-state index in [2.05, 4.69) is 58.2 Å². The number of H-pyrrole nitrogens is 1. The zero-order valence-electron chi connectivity index (χ0n) is 13.5. The molecule has 1 saturated heterocycles. The van der Waals surface area contributed by atoms with Crippen LogP contribution in [0.25, 0.3) is 11.0 Å². The lowest BCUT2D eigenvalue weighted by Crippen LogP contribution is -2.34. The van der Waals surface area contributed by atoms with Gasteiger partial charge in [0.15, 0.2) is 0 Å². The second-order valence-corrected chi connectivity index (χ2v) is 6.48. The molecule has 118 valence electrons. The summed E-state index contributed by atoms with van der Waals surface area (Å²) < 4.78 is 0. The summed E-state index contributed by atoms with van der Waals surface area (Å²) in [5, 5.41) is 0. The van der Waals surface area contributed by atoms with Gasteiger partial charge in [0.2, 0.25) is 0 Å². The van der Waals surface area contributed by atoms with E-state index in [0.717, 1.165) is 47.9 Å². The third-order valence-corrected chi connectivity index (χ3v) is 4.63. The van der Waals surface area contributed by atoms with Crippen molar-refractivity contribution >= 4 is 11.0 Å². The van der Waals surface area contributed by atoms with E-state index in [1.165, 1.54) is 12.8 Å². The Kier molecular flexibility index (Phi) is 3.83. The summed E-state index contributed by atoms with van der Waals surface area (Å²) >= 11 is 0. The van der Waals surface area contributed by atoms with Gasteiger partial charge in [-0.1, -0.05) is 18.2 Å². The molecule has 1 aliphatic heterocycles. The van der Waals surface area contributed by atoms with Crippen LogP contribution in [0, 0.1) is 6.92 Å². The number of benzene rings is 1. The van der Waals surface area contributed by atoms with Crippen molar-refractivity contribution in [1.29, 1.82) is 0 Å². The summed E-state index contributed by atoms with van der Waals surface area (Å²) in [6.07, 6.45) is 2.42. The van der Waals surface area contributed by atoms with E-state index in [1.54, 1.807) is 0 Å². The molecule has 1 aromatic carbocycles. The van der Waals surface area contributed by atoms with E-state index in [4.69, 9.17) is 4.98 Å². The minimum absolute atomic E-state index is 0.487. The van der Waals surface area contributed by atoms with Crippen LogP contribution >= 0.6 is 0 Å². The van der Waals surface area contributed by atoms with Gasteiger partial charge in [0, 0.05) is 24.7 Å². The predicted octanol–water partition coefficient (Wildman–Crippen LogP) is 3.65. The maximum Gasteiger partial charge on any atom is 0.111 e. The number of aromatic nitrogens is 3. The molecule has 1 N–H and O–H groups in total. The van der Waals surface area contributed by atoms with Gasteiger partial charge in [0.05, 0.1) is 16.7 Å². The number of fused-ring (bicyclic) bond motifs is 1. The fraction of sp³-hybridized carbons (Fsp3) is 0.368. The summed E-state index contributed by atoms with van der Waals surface area (Å²) in [5.41, 5.74) is 4.46. The normalized spacial score (nSPS) is 19.3. The number of hydrogen-bond donors (Lipinski definition) is 1. The number of piperidine rings is 1. The summed E-state index contributed by atoms with van der Waals surface area (Å²) in [6.45, 7) is 5.18. The van der Waals surface area contributed by atoms with E-state index >= 15 is 0 Å². The van der Waals surface area contributed by atoms with E-state index < -0.39 is 0 Å². The minimum atomic E-state index is 0.487. The van der Waals surface area contributed by atoms with Crippen LogP contribution in [-0.2, 0) is 6.54 Å². The number of nitrogens with one attached hydrogen (secondary N) is 1. The Morgan fingerprint density at radius 3 is 2.91 bits per heavy atom. The van der Waals surface area contributed by atoms with Crippen LogP contribution in [0.1, 0.15) is 36.0 Å². The van der Waals surface area contributed by atoms with E-state index in [1.807, 2.05) is 6.07 Å². The highest BCUT2D eigenvalue weighted by Gasteiger charge is 2.24. The second kappa shape index (κ2) is 6.13. The first kappa shape index (κ1) is 14.4. The van der Waals surface area contributed by atoms with Crippen molar-refractivity contribution in [3.8, 4) is 0 Å². The molecule has 0 spiro atoms. The van der Waals surface area contributed by atoms with Crippen LogP contribution in [0.4, 0.5) is 0 Å². The molecule has 4 nitrogen and oxygen atoms in total. The van der Waals surface area contributed by atoms with Crippen molar-refractivity contribution in [2.75, 3.05) is 13.1 Å². The standard InChI is InChI=1S/C19H22N4/c1-14-6-4-8-16(20-14)13-23-11-5-7-15(12-23)19-21-17-9-2-3-10-18(17)22-19/h2-4,6,8-10,15H,5,7,11-13H2,1H3,(H,21,22)/t15-/m0/s1. The summed E-state index contributed by atoms with van der Waals surface area (Å²) in [6, 6.07) is 14.5. The van der Waals surface area contributed by atoms with Crippen molar-refractivity contribution in [2.24, 2.45) is 0 Å². The number of aromatic amines is 1. The average molecular weight is 306 g/mol. The maximum absolute atomic E-state index is 4.79. The third-order valence-electron chi connectivity index (χ3n) is 4.63. The number of pyridine rings is 1. The number of rotatable bonds is 3. The van der Waals surface area contributed by atoms with Crippen LogP contribution in [0.3, 0.4) is 0 Å². The number of hydrogen-bond acceptors (Lipinski definition) is 3. The average Bonchev–Trinajstić information content (AvgIpc) is 2.99. The van der Waals surface area contributed by atoms with E-state index in [9.17, 15) is 0 Å². The van der Waals surface area contributed by atoms with Gasteiger partial charge in [-0.25, -0.2) is 4.98 Å². The largest absolute Gasteiger partial charge is 0.342 e. The molecule has 1 aliphatic rings. The van der Waals surface area contributed by atoms with Crippen LogP contribution in [0.5, 0.6) is 0 Å². The molecular weight excluding hydrogens is 284 g/mol. The third kappa shape index (κ3) is 3.13. The van der Waals surface area contributed by atoms with E-state index in [0.29, 0.717) is 5.92 Å². The Bertz CT molecular complexity index is 775. The number of nitrogens with zero attached hydrogens (tertiary/aromatic N) is 3. The summed E-state index contributed by atoms with van der Waals surface area (Å²) in [4.78, 5) is 15.4. The fourth-order valence-corrected chi connectivity index (χ4v) is 3.50. The lowest BCUT2D eigenvalue weighted by atomic mass is 9.97. The molecule has 0 radical (unpaired) electrons. The molecule has 23 heavy (non-hydrogen) atoms. The van der Waals surface area contributed by atoms with Crippen LogP contribution in [-0.4, -0.2) is 32.9 Å². The quantitative estimate of drug-likeness (QED) is 0.803. The topological polar surface area (TPSA) is 44.8 Å². The molecule has 2 aromatic heterocycles. The maximum atomic E-state index is 4.79. The number of aryl methyl sites for hydroxylation is 1. The molecule has 1 atom stereocenters. The van der Waals surface area contributed by atoms with Crippen molar-refractivity contribution in [2.45, 2.75) is 32.2 Å². The zero-order chi connectivity index (χ0) is 15.6. The molecule has 0 amide bonds. The first-order valence-electron chi connectivity index (χ1n) is 8.37. The predicted molar refractivity (Wildman–Crippen MR) is 92.3 cm³/mol. The Hall–Kier alpha value is -2.20. The van der Waals surface area contributed by atoms with Crippen molar-refractivity contribution < 1.29 is 0 Å². The Labute approximate surface area is 136 Å². The lowest BCUT2D eigenvalue weighted by Gasteiger charge is -2.31. The highest BCUT2D eigenvalue weighted by Crippen LogP contribution is 2.27. The lowest BCUT2D eigenvalue weighted by molar-refractivity contribution is 0.195. The summed E-state index contributed by atoms with van der Waals surface area (Å²) in [7, 11) is 0. The Morgan fingerprint density at radius 2 is 2.04 bits per heavy atom. The summed E-state index contributed by atoms with van der Waals surface area (Å²) in [5.74, 6) is 1.62. The van der Waals surface area contributed by atoms with E-state index in [-0.39, 0.29) is 0 Å². The fourth-order valence-electron chi connectivity index (χ4n) is 3.50. The molecule has 0 aliphatic carbocycles. The molecule has 0 bridgehead atoms. The number of imidazole rings is 1. The highest BCUT2D eigenvalue weighted by molar-refractivity contribution is 5.74. The van der Waals surface area contributed by atoms with Crippen LogP contribution in [0.15, 0.2) is 42.5 Å². The molecular formula is C19H22N4. The molecule has 3 heterocycles. The SMILES string of the molecule is Cc1cccc(CN2CCC[C@H](c3nc4ccccc4[nH]3)C2)n1. The van der Waals surface area contributed by atoms with Gasteiger partial charge in [-0.15, -0.1) is 0 Å². The molecule has 0 unspecified atom stereocenters.